The fourth-order valence-corrected chi connectivity index (χ4v) is 1.64. The minimum atomic E-state index is 0.453. The number of anilines is 1. The molecule has 100 valence electrons. The van der Waals surface area contributed by atoms with Crippen LogP contribution in [-0.4, -0.2) is 19.2 Å². The normalized spacial score (nSPS) is 11.4. The highest BCUT2D eigenvalue weighted by Gasteiger charge is 2.05. The predicted molar refractivity (Wildman–Crippen MR) is 78.1 cm³/mol. The van der Waals surface area contributed by atoms with Gasteiger partial charge >= 0.3 is 6.02 Å². The van der Waals surface area contributed by atoms with Crippen molar-refractivity contribution in [2.24, 2.45) is 4.02 Å². The van der Waals surface area contributed by atoms with E-state index in [1.165, 1.54) is 0 Å². The largest absolute Gasteiger partial charge is 0.465 e. The molecule has 0 radical (unpaired) electrons. The molecule has 0 saturated heterocycles. The number of ether oxygens (including phenoxy) is 2. The van der Waals surface area contributed by atoms with Gasteiger partial charge in [-0.1, -0.05) is 12.1 Å². The van der Waals surface area contributed by atoms with E-state index in [4.69, 9.17) is 9.47 Å². The van der Waals surface area contributed by atoms with E-state index in [0.717, 1.165) is 16.8 Å². The first-order chi connectivity index (χ1) is 8.71. The number of aryl methyl sites for hydroxylation is 1. The molecule has 1 aromatic rings. The predicted octanol–water partition coefficient (Wildman–Crippen LogP) is 3.65. The number of rotatable bonds is 5. The maximum atomic E-state index is 5.39. The van der Waals surface area contributed by atoms with Crippen molar-refractivity contribution in [3.63, 3.8) is 0 Å². The van der Waals surface area contributed by atoms with Crippen molar-refractivity contribution in [3.05, 3.63) is 29.3 Å². The quantitative estimate of drug-likeness (QED) is 0.666. The molecule has 1 N–H and O–H groups in total. The highest BCUT2D eigenvalue weighted by Crippen LogP contribution is 2.18. The number of amidine groups is 1. The lowest BCUT2D eigenvalue weighted by Gasteiger charge is -2.12. The zero-order valence-corrected chi connectivity index (χ0v) is 12.6. The molecular formula is C13H19BrN2O2. The van der Waals surface area contributed by atoms with E-state index in [2.05, 4.69) is 37.6 Å². The Morgan fingerprint density at radius 2 is 2.11 bits per heavy atom. The van der Waals surface area contributed by atoms with Crippen LogP contribution in [0.25, 0.3) is 0 Å². The van der Waals surface area contributed by atoms with E-state index in [9.17, 15) is 0 Å². The third-order valence-electron chi connectivity index (χ3n) is 2.37. The van der Waals surface area contributed by atoms with E-state index in [1.54, 1.807) is 0 Å². The molecule has 0 unspecified atom stereocenters. The zero-order valence-electron chi connectivity index (χ0n) is 11.0. The summed E-state index contributed by atoms with van der Waals surface area (Å²) in [7, 11) is 0. The Hall–Kier alpha value is -1.07. The molecule has 4 nitrogen and oxygen atoms in total. The SMILES string of the molecule is CCOCc1ccc(C)c(N/C(=N/Br)OCC)c1. The molecule has 18 heavy (non-hydrogen) atoms. The third-order valence-corrected chi connectivity index (χ3v) is 2.70. The number of halogens is 1. The number of hydrogen-bond donors (Lipinski definition) is 1. The first kappa shape index (κ1) is 15.0. The third kappa shape index (κ3) is 4.66. The van der Waals surface area contributed by atoms with Gasteiger partial charge in [0.1, 0.15) is 0 Å². The molecule has 5 heteroatoms. The molecule has 0 fully saturated rings. The van der Waals surface area contributed by atoms with Crippen molar-refractivity contribution in [2.75, 3.05) is 18.5 Å². The van der Waals surface area contributed by atoms with E-state index in [-0.39, 0.29) is 0 Å². The fraction of sp³-hybridized carbons (Fsp3) is 0.462. The second kappa shape index (κ2) is 8.11. The van der Waals surface area contributed by atoms with Crippen molar-refractivity contribution in [1.82, 2.24) is 0 Å². The Bertz CT molecular complexity index is 408. The Labute approximate surface area is 117 Å². The molecule has 0 heterocycles. The average Bonchev–Trinajstić information content (AvgIpc) is 2.38. The lowest BCUT2D eigenvalue weighted by molar-refractivity contribution is 0.134. The monoisotopic (exact) mass is 314 g/mol. The Morgan fingerprint density at radius 1 is 1.33 bits per heavy atom. The van der Waals surface area contributed by atoms with Gasteiger partial charge in [-0.25, -0.2) is 0 Å². The topological polar surface area (TPSA) is 42.8 Å². The van der Waals surface area contributed by atoms with Crippen molar-refractivity contribution in [1.29, 1.82) is 0 Å². The number of nitrogens with one attached hydrogen (secondary N) is 1. The Balaban J connectivity index is 2.80. The molecule has 0 aliphatic heterocycles. The van der Waals surface area contributed by atoms with E-state index in [1.807, 2.05) is 26.8 Å². The second-order valence-corrected chi connectivity index (χ2v) is 4.09. The summed E-state index contributed by atoms with van der Waals surface area (Å²) in [5.74, 6) is 0. The van der Waals surface area contributed by atoms with Crippen LogP contribution in [0.3, 0.4) is 0 Å². The van der Waals surface area contributed by atoms with Gasteiger partial charge in [0, 0.05) is 12.3 Å². The van der Waals surface area contributed by atoms with Gasteiger partial charge < -0.3 is 14.8 Å². The van der Waals surface area contributed by atoms with Crippen LogP contribution >= 0.6 is 16.1 Å². The molecular weight excluding hydrogens is 296 g/mol. The molecule has 0 aromatic heterocycles. The first-order valence-corrected chi connectivity index (χ1v) is 6.68. The zero-order chi connectivity index (χ0) is 13.4. The smallest absolute Gasteiger partial charge is 0.300 e. The van der Waals surface area contributed by atoms with Crippen molar-refractivity contribution in [3.8, 4) is 0 Å². The van der Waals surface area contributed by atoms with Crippen LogP contribution in [0.4, 0.5) is 5.69 Å². The summed E-state index contributed by atoms with van der Waals surface area (Å²) in [6.07, 6.45) is 0. The average molecular weight is 315 g/mol. The fourth-order valence-electron chi connectivity index (χ4n) is 1.45. The maximum absolute atomic E-state index is 5.39. The Kier molecular flexibility index (Phi) is 6.75. The number of benzene rings is 1. The lowest BCUT2D eigenvalue weighted by Crippen LogP contribution is -2.16. The van der Waals surface area contributed by atoms with Crippen LogP contribution < -0.4 is 5.32 Å². The van der Waals surface area contributed by atoms with Crippen LogP contribution in [0.1, 0.15) is 25.0 Å². The molecule has 0 atom stereocenters. The molecule has 0 spiro atoms. The summed E-state index contributed by atoms with van der Waals surface area (Å²) in [6.45, 7) is 7.82. The van der Waals surface area contributed by atoms with Gasteiger partial charge in [-0.3, -0.25) is 0 Å². The molecule has 0 bridgehead atoms. The van der Waals surface area contributed by atoms with Gasteiger partial charge in [-0.05, 0) is 38.0 Å². The minimum Gasteiger partial charge on any atom is -0.465 e. The van der Waals surface area contributed by atoms with E-state index in [0.29, 0.717) is 25.8 Å². The van der Waals surface area contributed by atoms with Crippen molar-refractivity contribution < 1.29 is 9.47 Å². The van der Waals surface area contributed by atoms with Crippen LogP contribution in [0.2, 0.25) is 0 Å². The summed E-state index contributed by atoms with van der Waals surface area (Å²) in [6, 6.07) is 6.60. The van der Waals surface area contributed by atoms with Crippen molar-refractivity contribution in [2.45, 2.75) is 27.4 Å². The standard InChI is InChI=1S/C13H19BrN2O2/c1-4-17-9-11-7-6-10(3)12(8-11)15-13(16-14)18-5-2/h6-8H,4-5,9H2,1-3H3,(H,15,16). The highest BCUT2D eigenvalue weighted by atomic mass is 79.9. The summed E-state index contributed by atoms with van der Waals surface area (Å²) < 4.78 is 14.6. The molecule has 0 amide bonds. The second-order valence-electron chi connectivity index (χ2n) is 3.73. The summed E-state index contributed by atoms with van der Waals surface area (Å²) >= 11 is 3.04. The van der Waals surface area contributed by atoms with Crippen molar-refractivity contribution >= 4 is 27.9 Å². The molecule has 0 aliphatic carbocycles. The lowest BCUT2D eigenvalue weighted by atomic mass is 10.1. The Morgan fingerprint density at radius 3 is 2.72 bits per heavy atom. The van der Waals surface area contributed by atoms with Crippen LogP contribution in [0.5, 0.6) is 0 Å². The van der Waals surface area contributed by atoms with Crippen LogP contribution in [-0.2, 0) is 16.1 Å². The van der Waals surface area contributed by atoms with Gasteiger partial charge in [0.15, 0.2) is 0 Å². The molecule has 1 aromatic carbocycles. The molecule has 0 saturated carbocycles. The van der Waals surface area contributed by atoms with E-state index >= 15 is 0 Å². The van der Waals surface area contributed by atoms with Gasteiger partial charge in [0.2, 0.25) is 0 Å². The van der Waals surface area contributed by atoms with Crippen LogP contribution in [0, 0.1) is 6.92 Å². The van der Waals surface area contributed by atoms with Gasteiger partial charge in [0.25, 0.3) is 0 Å². The summed E-state index contributed by atoms with van der Waals surface area (Å²) in [5, 5.41) is 3.14. The molecule has 0 aliphatic rings. The van der Waals surface area contributed by atoms with Gasteiger partial charge in [-0.15, -0.1) is 0 Å². The van der Waals surface area contributed by atoms with Crippen LogP contribution in [0.15, 0.2) is 22.2 Å². The van der Waals surface area contributed by atoms with E-state index < -0.39 is 0 Å². The highest BCUT2D eigenvalue weighted by molar-refractivity contribution is 9.08. The number of nitrogens with zero attached hydrogens (tertiary/aromatic N) is 1. The summed E-state index contributed by atoms with van der Waals surface area (Å²) in [4.78, 5) is 0. The molecule has 1 rings (SSSR count). The first-order valence-electron chi connectivity index (χ1n) is 5.97. The number of hydrogen-bond acceptors (Lipinski definition) is 3. The summed E-state index contributed by atoms with van der Waals surface area (Å²) in [5.41, 5.74) is 3.22. The maximum Gasteiger partial charge on any atom is 0.300 e. The van der Waals surface area contributed by atoms with Gasteiger partial charge in [-0.2, -0.15) is 4.02 Å². The van der Waals surface area contributed by atoms with Gasteiger partial charge in [0.05, 0.1) is 29.4 Å². The minimum absolute atomic E-state index is 0.453.